The van der Waals surface area contributed by atoms with E-state index in [1.807, 2.05) is 22.6 Å². The van der Waals surface area contributed by atoms with Crippen LogP contribution in [0.5, 0.6) is 0 Å². The molecule has 4 N–H and O–H groups in total. The van der Waals surface area contributed by atoms with Crippen molar-refractivity contribution in [1.29, 1.82) is 5.41 Å². The third-order valence-electron chi connectivity index (χ3n) is 2.09. The van der Waals surface area contributed by atoms with Crippen molar-refractivity contribution < 1.29 is 14.8 Å². The summed E-state index contributed by atoms with van der Waals surface area (Å²) in [6.45, 7) is 5.35. The molecule has 0 fully saturated rings. The van der Waals surface area contributed by atoms with Crippen molar-refractivity contribution >= 4 is 43.8 Å². The quantitative estimate of drug-likeness (QED) is 0.326. The number of hydrogen-bond acceptors (Lipinski definition) is 5. The third kappa shape index (κ3) is 5.13. The molecule has 0 saturated carbocycles. The summed E-state index contributed by atoms with van der Waals surface area (Å²) in [5, 5.41) is 19.6. The molecule has 0 aliphatic carbocycles. The first-order chi connectivity index (χ1) is 8.73. The lowest BCUT2D eigenvalue weighted by atomic mass is 10.1. The van der Waals surface area contributed by atoms with Gasteiger partial charge in [-0.1, -0.05) is 0 Å². The van der Waals surface area contributed by atoms with Crippen LogP contribution in [0.4, 0.5) is 16.2 Å². The maximum absolute atomic E-state index is 11.7. The monoisotopic (exact) mass is 377 g/mol. The minimum atomic E-state index is -0.567. The average molecular weight is 377 g/mol. The predicted octanol–water partition coefficient (Wildman–Crippen LogP) is 2.49. The van der Waals surface area contributed by atoms with E-state index in [0.717, 1.165) is 0 Å². The number of anilines is 1. The lowest BCUT2D eigenvalue weighted by molar-refractivity contribution is -0.486. The Balaban J connectivity index is 2.95. The molecule has 1 aromatic rings. The first-order valence-electron chi connectivity index (χ1n) is 5.57. The van der Waals surface area contributed by atoms with E-state index < -0.39 is 11.7 Å². The zero-order chi connectivity index (χ0) is 14.6. The fourth-order valence-electron chi connectivity index (χ4n) is 1.39. The fourth-order valence-corrected chi connectivity index (χ4v) is 1.86. The van der Waals surface area contributed by atoms with E-state index >= 15 is 0 Å². The first-order valence-corrected chi connectivity index (χ1v) is 6.65. The molecule has 0 bridgehead atoms. The fraction of sp³-hybridized carbons (Fsp3) is 0.333. The van der Waals surface area contributed by atoms with E-state index in [4.69, 9.17) is 10.1 Å². The van der Waals surface area contributed by atoms with E-state index in [0.29, 0.717) is 16.9 Å². The lowest BCUT2D eigenvalue weighted by Gasteiger charge is -2.17. The summed E-state index contributed by atoms with van der Waals surface area (Å²) >= 11 is 1.82. The Hall–Kier alpha value is -1.19. The normalized spacial score (nSPS) is 11.0. The molecule has 0 aliphatic rings. The maximum Gasteiger partial charge on any atom is 0.518 e. The van der Waals surface area contributed by atoms with Crippen LogP contribution in [0.25, 0.3) is 0 Å². The Morgan fingerprint density at radius 1 is 1.47 bits per heavy atom. The van der Waals surface area contributed by atoms with E-state index in [1.165, 1.54) is 11.4 Å². The van der Waals surface area contributed by atoms with Crippen molar-refractivity contribution in [2.24, 2.45) is 0 Å². The van der Waals surface area contributed by atoms with Crippen molar-refractivity contribution in [3.8, 4) is 0 Å². The number of nitrogens with one attached hydrogen (secondary N) is 2. The van der Waals surface area contributed by atoms with Gasteiger partial charge in [0.1, 0.15) is 15.0 Å². The van der Waals surface area contributed by atoms with Crippen LogP contribution >= 0.6 is 22.6 Å². The number of primary amides is 1. The molecule has 0 unspecified atom stereocenters. The molecule has 7 heteroatoms. The number of rotatable bonds is 3. The smallest absolute Gasteiger partial charge is 0.518 e. The van der Waals surface area contributed by atoms with Crippen molar-refractivity contribution in [3.63, 3.8) is 0 Å². The molecule has 0 aromatic heterocycles. The number of carbonyl (C=O) groups is 1. The molecule has 0 radical (unpaired) electrons. The second-order valence-electron chi connectivity index (χ2n) is 4.90. The summed E-state index contributed by atoms with van der Waals surface area (Å²) in [6.07, 6.45) is -0.478. The molecule has 1 rings (SSSR count). The number of hydrogen-bond donors (Lipinski definition) is 3. The Kier molecular flexibility index (Phi) is 5.27. The molecule has 0 aliphatic heterocycles. The van der Waals surface area contributed by atoms with Crippen LogP contribution in [0.2, 0.25) is 0 Å². The molecule has 0 atom stereocenters. The zero-order valence-electron chi connectivity index (χ0n) is 10.9. The highest BCUT2D eigenvalue weighted by atomic mass is 127. The van der Waals surface area contributed by atoms with Gasteiger partial charge in [-0.15, -0.1) is 0 Å². The van der Waals surface area contributed by atoms with Gasteiger partial charge in [-0.05, 0) is 55.5 Å². The number of carbonyl (C=O) groups excluding carboxylic acids is 1. The first kappa shape index (κ1) is 15.9. The highest BCUT2D eigenvalue weighted by Crippen LogP contribution is 2.19. The van der Waals surface area contributed by atoms with Crippen molar-refractivity contribution in [2.75, 3.05) is 5.48 Å². The van der Waals surface area contributed by atoms with E-state index in [1.54, 1.807) is 38.4 Å². The molecule has 0 saturated heterocycles. The van der Waals surface area contributed by atoms with Gasteiger partial charge in [0.25, 0.3) is 0 Å². The largest absolute Gasteiger partial charge is 0.761 e. The molecule has 104 valence electrons. The number of quaternary nitrogens is 1. The molecule has 1 amide bonds. The van der Waals surface area contributed by atoms with Gasteiger partial charge in [0.15, 0.2) is 0 Å². The second-order valence-corrected chi connectivity index (χ2v) is 5.97. The van der Waals surface area contributed by atoms with Crippen molar-refractivity contribution in [3.05, 3.63) is 29.0 Å². The summed E-state index contributed by atoms with van der Waals surface area (Å²) < 4.78 is 5.43. The molecule has 6 nitrogen and oxygen atoms in total. The number of nitrogens with two attached hydrogens (primary N) is 1. The number of ether oxygens (including phenoxy) is 1. The SMILES string of the molecule is CC(C)(C)OC(=O)[NH2+]c1ccc(N[O-])cc1C(=N)I. The minimum Gasteiger partial charge on any atom is -0.761 e. The number of amides is 1. The lowest BCUT2D eigenvalue weighted by Crippen LogP contribution is -2.83. The minimum absolute atomic E-state index is 0.240. The summed E-state index contributed by atoms with van der Waals surface area (Å²) in [7, 11) is 0. The van der Waals surface area contributed by atoms with Gasteiger partial charge < -0.3 is 15.4 Å². The van der Waals surface area contributed by atoms with E-state index in [-0.39, 0.29) is 3.72 Å². The summed E-state index contributed by atoms with van der Waals surface area (Å²) in [4.78, 5) is 11.7. The predicted molar refractivity (Wildman–Crippen MR) is 82.1 cm³/mol. The van der Waals surface area contributed by atoms with Crippen LogP contribution < -0.4 is 10.8 Å². The molecular formula is C12H16IN3O3. The van der Waals surface area contributed by atoms with Crippen LogP contribution in [-0.2, 0) is 4.74 Å². The number of benzene rings is 1. The van der Waals surface area contributed by atoms with E-state index in [9.17, 15) is 10.0 Å². The van der Waals surface area contributed by atoms with Gasteiger partial charge in [-0.2, -0.15) is 4.79 Å². The van der Waals surface area contributed by atoms with Gasteiger partial charge in [-0.3, -0.25) is 5.41 Å². The maximum atomic E-state index is 11.7. The van der Waals surface area contributed by atoms with Crippen LogP contribution in [0, 0.1) is 10.6 Å². The summed E-state index contributed by atoms with van der Waals surface area (Å²) in [5.74, 6) is 0. The molecule has 19 heavy (non-hydrogen) atoms. The van der Waals surface area contributed by atoms with Gasteiger partial charge in [0.2, 0.25) is 0 Å². The molecule has 1 aromatic carbocycles. The van der Waals surface area contributed by atoms with Gasteiger partial charge in [0, 0.05) is 11.8 Å². The zero-order valence-corrected chi connectivity index (χ0v) is 13.1. The van der Waals surface area contributed by atoms with Gasteiger partial charge in [0.05, 0.1) is 5.56 Å². The topological polar surface area (TPSA) is 102 Å². The number of halogens is 1. The summed E-state index contributed by atoms with van der Waals surface area (Å²) in [6, 6.07) is 4.68. The third-order valence-corrected chi connectivity index (χ3v) is 2.67. The Bertz CT molecular complexity index is 497. The van der Waals surface area contributed by atoms with Crippen LogP contribution in [0.3, 0.4) is 0 Å². The molecule has 0 spiro atoms. The van der Waals surface area contributed by atoms with Crippen LogP contribution in [-0.4, -0.2) is 15.4 Å². The average Bonchev–Trinajstić information content (AvgIpc) is 2.26. The van der Waals surface area contributed by atoms with E-state index in [2.05, 4.69) is 0 Å². The van der Waals surface area contributed by atoms with Gasteiger partial charge in [-0.25, -0.2) is 5.32 Å². The Labute approximate surface area is 125 Å². The highest BCUT2D eigenvalue weighted by molar-refractivity contribution is 14.1. The Morgan fingerprint density at radius 2 is 2.11 bits per heavy atom. The standard InChI is InChI=1S/C12H15IN3O3/c1-12(2,3)19-11(17)15-9-5-4-7(16-18)6-8(9)10(13)14/h4-6,14,16H,1-3H3,(H,15,17)/q-1/p+1. The van der Waals surface area contributed by atoms with Gasteiger partial charge >= 0.3 is 6.09 Å². The molecule has 0 heterocycles. The van der Waals surface area contributed by atoms with Crippen LogP contribution in [0.1, 0.15) is 26.3 Å². The van der Waals surface area contributed by atoms with Crippen molar-refractivity contribution in [2.45, 2.75) is 26.4 Å². The van der Waals surface area contributed by atoms with Crippen molar-refractivity contribution in [1.82, 2.24) is 0 Å². The molecular weight excluding hydrogens is 361 g/mol. The van der Waals surface area contributed by atoms with Crippen LogP contribution in [0.15, 0.2) is 18.2 Å². The second kappa shape index (κ2) is 6.31. The summed E-state index contributed by atoms with van der Waals surface area (Å²) in [5.41, 5.74) is 2.59. The highest BCUT2D eigenvalue weighted by Gasteiger charge is 2.22. The Morgan fingerprint density at radius 3 is 2.58 bits per heavy atom.